The van der Waals surface area contributed by atoms with Crippen molar-refractivity contribution in [1.29, 1.82) is 0 Å². The third-order valence-electron chi connectivity index (χ3n) is 3.45. The lowest BCUT2D eigenvalue weighted by Gasteiger charge is -2.06. The molecule has 0 saturated heterocycles. The topological polar surface area (TPSA) is 84.5 Å². The Kier molecular flexibility index (Phi) is 7.00. The molecule has 2 aromatic rings. The second-order valence-electron chi connectivity index (χ2n) is 5.52. The molecule has 0 unspecified atom stereocenters. The largest absolute Gasteiger partial charge is 0.462 e. The molecule has 0 aliphatic carbocycles. The number of ether oxygens (including phenoxy) is 1. The van der Waals surface area contributed by atoms with E-state index in [1.54, 1.807) is 19.9 Å². The lowest BCUT2D eigenvalue weighted by atomic mass is 10.2. The summed E-state index contributed by atoms with van der Waals surface area (Å²) in [6.07, 6.45) is -0.0553. The molecule has 0 spiro atoms. The molecule has 0 aliphatic rings. The lowest BCUT2D eigenvalue weighted by molar-refractivity contribution is -0.116. The summed E-state index contributed by atoms with van der Waals surface area (Å²) in [7, 11) is 0. The van der Waals surface area contributed by atoms with E-state index in [0.717, 1.165) is 23.5 Å². The highest BCUT2D eigenvalue weighted by Gasteiger charge is 2.16. The first kappa shape index (κ1) is 20.5. The Morgan fingerprint density at radius 2 is 1.93 bits per heavy atom. The number of amides is 2. The zero-order valence-electron chi connectivity index (χ0n) is 14.7. The van der Waals surface area contributed by atoms with Crippen molar-refractivity contribution in [2.45, 2.75) is 20.3 Å². The van der Waals surface area contributed by atoms with Gasteiger partial charge in [-0.15, -0.1) is 11.3 Å². The van der Waals surface area contributed by atoms with Gasteiger partial charge in [-0.1, -0.05) is 0 Å². The van der Waals surface area contributed by atoms with Gasteiger partial charge in [0.2, 0.25) is 5.91 Å². The van der Waals surface area contributed by atoms with E-state index in [0.29, 0.717) is 21.5 Å². The molecule has 2 amide bonds. The maximum absolute atomic E-state index is 13.5. The Morgan fingerprint density at radius 3 is 2.59 bits per heavy atom. The third-order valence-corrected chi connectivity index (χ3v) is 4.59. The number of nitrogens with one attached hydrogen (secondary N) is 2. The minimum absolute atomic E-state index is 0.0312. The summed E-state index contributed by atoms with van der Waals surface area (Å²) in [5.74, 6) is -3.33. The number of aryl methyl sites for hydroxylation is 1. The van der Waals surface area contributed by atoms with Gasteiger partial charge in [0.1, 0.15) is 16.5 Å². The van der Waals surface area contributed by atoms with Crippen molar-refractivity contribution in [1.82, 2.24) is 5.32 Å². The van der Waals surface area contributed by atoms with E-state index in [4.69, 9.17) is 4.74 Å². The number of rotatable bonds is 7. The van der Waals surface area contributed by atoms with Gasteiger partial charge in [-0.05, 0) is 37.6 Å². The van der Waals surface area contributed by atoms with Gasteiger partial charge < -0.3 is 15.4 Å². The van der Waals surface area contributed by atoms with Crippen molar-refractivity contribution in [2.75, 3.05) is 18.5 Å². The fourth-order valence-electron chi connectivity index (χ4n) is 2.20. The molecule has 1 aromatic carbocycles. The number of benzene rings is 1. The average Bonchev–Trinajstić information content (AvgIpc) is 2.95. The number of thiophene rings is 1. The van der Waals surface area contributed by atoms with Crippen LogP contribution in [-0.4, -0.2) is 30.9 Å². The summed E-state index contributed by atoms with van der Waals surface area (Å²) in [6.45, 7) is 3.66. The van der Waals surface area contributed by atoms with E-state index in [2.05, 4.69) is 10.6 Å². The second-order valence-corrected chi connectivity index (χ2v) is 6.57. The van der Waals surface area contributed by atoms with E-state index >= 15 is 0 Å². The van der Waals surface area contributed by atoms with Crippen LogP contribution in [0.15, 0.2) is 24.3 Å². The fourth-order valence-corrected chi connectivity index (χ4v) is 3.18. The van der Waals surface area contributed by atoms with Crippen LogP contribution < -0.4 is 10.6 Å². The monoisotopic (exact) mass is 396 g/mol. The zero-order valence-corrected chi connectivity index (χ0v) is 15.5. The van der Waals surface area contributed by atoms with Gasteiger partial charge in [-0.25, -0.2) is 13.6 Å². The van der Waals surface area contributed by atoms with Gasteiger partial charge in [0, 0.05) is 19.0 Å². The Bertz CT molecular complexity index is 867. The van der Waals surface area contributed by atoms with Crippen LogP contribution in [-0.2, 0) is 9.53 Å². The van der Waals surface area contributed by atoms with Crippen molar-refractivity contribution in [2.24, 2.45) is 0 Å². The first-order valence-corrected chi connectivity index (χ1v) is 8.94. The first-order valence-electron chi connectivity index (χ1n) is 8.12. The number of carbonyl (C=O) groups excluding carboxylic acids is 3. The maximum Gasteiger partial charge on any atom is 0.348 e. The van der Waals surface area contributed by atoms with Gasteiger partial charge in [0.05, 0.1) is 17.2 Å². The summed E-state index contributed by atoms with van der Waals surface area (Å²) in [5, 5.41) is 5.51. The molecule has 2 N–H and O–H groups in total. The fraction of sp³-hybridized carbons (Fsp3) is 0.278. The second kappa shape index (κ2) is 9.22. The summed E-state index contributed by atoms with van der Waals surface area (Å²) >= 11 is 1.10. The third kappa shape index (κ3) is 5.58. The molecule has 9 heteroatoms. The SMILES string of the molecule is CCOC(=O)c1sc(NC(=O)CCNC(=O)c2ccc(F)cc2F)cc1C. The molecule has 6 nitrogen and oxygen atoms in total. The van der Waals surface area contributed by atoms with Gasteiger partial charge in [0.25, 0.3) is 5.91 Å². The number of hydrogen-bond acceptors (Lipinski definition) is 5. The summed E-state index contributed by atoms with van der Waals surface area (Å²) in [6, 6.07) is 4.28. The first-order chi connectivity index (χ1) is 12.8. The average molecular weight is 396 g/mol. The minimum atomic E-state index is -0.975. The molecule has 0 fully saturated rings. The predicted molar refractivity (Wildman–Crippen MR) is 97.0 cm³/mol. The molecule has 1 aromatic heterocycles. The smallest absolute Gasteiger partial charge is 0.348 e. The molecular formula is C18H18F2N2O4S. The van der Waals surface area contributed by atoms with E-state index in [-0.39, 0.29) is 31.0 Å². The Labute approximate surface area is 158 Å². The zero-order chi connectivity index (χ0) is 20.0. The van der Waals surface area contributed by atoms with Crippen LogP contribution in [0.3, 0.4) is 0 Å². The van der Waals surface area contributed by atoms with Crippen LogP contribution in [0.1, 0.15) is 38.9 Å². The Balaban J connectivity index is 1.85. The molecule has 0 bridgehead atoms. The van der Waals surface area contributed by atoms with Crippen LogP contribution in [0.2, 0.25) is 0 Å². The van der Waals surface area contributed by atoms with E-state index in [1.165, 1.54) is 0 Å². The molecule has 1 heterocycles. The highest BCUT2D eigenvalue weighted by molar-refractivity contribution is 7.18. The van der Waals surface area contributed by atoms with E-state index in [9.17, 15) is 23.2 Å². The van der Waals surface area contributed by atoms with Crippen molar-refractivity contribution < 1.29 is 27.9 Å². The van der Waals surface area contributed by atoms with Crippen molar-refractivity contribution >= 4 is 34.1 Å². The molecule has 0 saturated carbocycles. The molecular weight excluding hydrogens is 378 g/mol. The number of hydrogen-bond donors (Lipinski definition) is 2. The normalized spacial score (nSPS) is 10.4. The number of halogens is 2. The van der Waals surface area contributed by atoms with E-state index in [1.807, 2.05) is 0 Å². The van der Waals surface area contributed by atoms with Crippen molar-refractivity contribution in [3.63, 3.8) is 0 Å². The molecule has 0 aliphatic heterocycles. The number of esters is 1. The van der Waals surface area contributed by atoms with Crippen molar-refractivity contribution in [3.05, 3.63) is 51.9 Å². The highest BCUT2D eigenvalue weighted by Crippen LogP contribution is 2.27. The highest BCUT2D eigenvalue weighted by atomic mass is 32.1. The van der Waals surface area contributed by atoms with Crippen molar-refractivity contribution in [3.8, 4) is 0 Å². The summed E-state index contributed by atoms with van der Waals surface area (Å²) in [4.78, 5) is 36.0. The maximum atomic E-state index is 13.5. The van der Waals surface area contributed by atoms with Gasteiger partial charge >= 0.3 is 5.97 Å². The Morgan fingerprint density at radius 1 is 1.19 bits per heavy atom. The van der Waals surface area contributed by atoms with Crippen LogP contribution in [0.25, 0.3) is 0 Å². The summed E-state index contributed by atoms with van der Waals surface area (Å²) in [5.41, 5.74) is 0.388. The number of carbonyl (C=O) groups is 3. The predicted octanol–water partition coefficient (Wildman–Crippen LogP) is 3.27. The van der Waals surface area contributed by atoms with Crippen LogP contribution in [0.5, 0.6) is 0 Å². The van der Waals surface area contributed by atoms with Crippen LogP contribution in [0.4, 0.5) is 13.8 Å². The van der Waals surface area contributed by atoms with Gasteiger partial charge in [0.15, 0.2) is 0 Å². The van der Waals surface area contributed by atoms with Gasteiger partial charge in [-0.2, -0.15) is 0 Å². The number of anilines is 1. The molecule has 0 radical (unpaired) electrons. The molecule has 0 atom stereocenters. The standard InChI is InChI=1S/C18H18F2N2O4S/c1-3-26-18(25)16-10(2)8-15(27-16)22-14(23)6-7-21-17(24)12-5-4-11(19)9-13(12)20/h4-5,8-9H,3,6-7H2,1-2H3,(H,21,24)(H,22,23). The summed E-state index contributed by atoms with van der Waals surface area (Å²) < 4.78 is 31.3. The van der Waals surface area contributed by atoms with Gasteiger partial charge in [-0.3, -0.25) is 9.59 Å². The molecule has 2 rings (SSSR count). The lowest BCUT2D eigenvalue weighted by Crippen LogP contribution is -2.28. The molecule has 27 heavy (non-hydrogen) atoms. The quantitative estimate of drug-likeness (QED) is 0.704. The van der Waals surface area contributed by atoms with Crippen LogP contribution >= 0.6 is 11.3 Å². The minimum Gasteiger partial charge on any atom is -0.462 e. The molecule has 144 valence electrons. The van der Waals surface area contributed by atoms with Crippen LogP contribution in [0, 0.1) is 18.6 Å². The Hall–Kier alpha value is -2.81. The van der Waals surface area contributed by atoms with E-state index < -0.39 is 23.5 Å².